The Morgan fingerprint density at radius 2 is 1.88 bits per heavy atom. The first-order valence-corrected chi connectivity index (χ1v) is 8.33. The summed E-state index contributed by atoms with van der Waals surface area (Å²) in [6, 6.07) is 11.0. The van der Waals surface area contributed by atoms with Crippen molar-refractivity contribution in [3.63, 3.8) is 0 Å². The third-order valence-electron chi connectivity index (χ3n) is 3.49. The van der Waals surface area contributed by atoms with Crippen LogP contribution in [0.25, 0.3) is 11.3 Å². The number of hydrogen-bond donors (Lipinski definition) is 1. The molecule has 1 amide bonds. The van der Waals surface area contributed by atoms with Gasteiger partial charge in [0.25, 0.3) is 5.91 Å². The van der Waals surface area contributed by atoms with E-state index in [0.29, 0.717) is 5.13 Å². The second kappa shape index (κ2) is 7.23. The number of rotatable bonds is 4. The van der Waals surface area contributed by atoms with E-state index in [4.69, 9.17) is 0 Å². The zero-order valence-corrected chi connectivity index (χ0v) is 14.5. The molecular formula is C18H15N3O3S. The van der Waals surface area contributed by atoms with E-state index in [1.54, 1.807) is 0 Å². The van der Waals surface area contributed by atoms with Crippen molar-refractivity contribution < 1.29 is 14.3 Å². The van der Waals surface area contributed by atoms with Gasteiger partial charge in [-0.15, -0.1) is 11.3 Å². The van der Waals surface area contributed by atoms with E-state index in [0.717, 1.165) is 11.3 Å². The summed E-state index contributed by atoms with van der Waals surface area (Å²) in [6.07, 6.45) is 1.31. The smallest absolute Gasteiger partial charge is 0.339 e. The van der Waals surface area contributed by atoms with Crippen molar-refractivity contribution in [2.24, 2.45) is 0 Å². The number of pyridine rings is 1. The molecule has 0 bridgehead atoms. The molecule has 7 heteroatoms. The first kappa shape index (κ1) is 16.8. The van der Waals surface area contributed by atoms with E-state index in [2.05, 4.69) is 20.0 Å². The lowest BCUT2D eigenvalue weighted by molar-refractivity contribution is 0.0600. The number of benzene rings is 1. The van der Waals surface area contributed by atoms with Crippen LogP contribution in [0.15, 0.2) is 48.0 Å². The molecule has 0 fully saturated rings. The van der Waals surface area contributed by atoms with Crippen LogP contribution in [-0.2, 0) is 4.74 Å². The molecule has 6 nitrogen and oxygen atoms in total. The van der Waals surface area contributed by atoms with E-state index < -0.39 is 5.97 Å². The van der Waals surface area contributed by atoms with Crippen LogP contribution < -0.4 is 5.32 Å². The number of anilines is 1. The molecule has 0 radical (unpaired) electrons. The van der Waals surface area contributed by atoms with Crippen molar-refractivity contribution in [2.75, 3.05) is 12.4 Å². The molecule has 0 aliphatic rings. The first-order valence-electron chi connectivity index (χ1n) is 7.45. The van der Waals surface area contributed by atoms with E-state index >= 15 is 0 Å². The quantitative estimate of drug-likeness (QED) is 0.726. The van der Waals surface area contributed by atoms with Gasteiger partial charge >= 0.3 is 5.97 Å². The predicted molar refractivity (Wildman–Crippen MR) is 95.8 cm³/mol. The normalized spacial score (nSPS) is 10.3. The van der Waals surface area contributed by atoms with Crippen molar-refractivity contribution >= 4 is 28.3 Å². The van der Waals surface area contributed by atoms with Crippen LogP contribution >= 0.6 is 11.3 Å². The zero-order valence-electron chi connectivity index (χ0n) is 13.6. The topological polar surface area (TPSA) is 81.2 Å². The Hall–Kier alpha value is -3.06. The number of amides is 1. The number of aromatic nitrogens is 2. The van der Waals surface area contributed by atoms with Gasteiger partial charge in [0, 0.05) is 17.1 Å². The number of methoxy groups -OCH3 is 1. The lowest BCUT2D eigenvalue weighted by Gasteiger charge is -2.02. The number of carbonyl (C=O) groups excluding carboxylic acids is 2. The van der Waals surface area contributed by atoms with Crippen molar-refractivity contribution in [1.29, 1.82) is 0 Å². The Labute approximate surface area is 148 Å². The van der Waals surface area contributed by atoms with Crippen LogP contribution in [0.1, 0.15) is 26.4 Å². The van der Waals surface area contributed by atoms with Gasteiger partial charge in [0.15, 0.2) is 5.13 Å². The molecule has 0 unspecified atom stereocenters. The number of hydrogen-bond acceptors (Lipinski definition) is 6. The van der Waals surface area contributed by atoms with Crippen LogP contribution in [0.4, 0.5) is 5.13 Å². The molecular weight excluding hydrogens is 338 g/mol. The van der Waals surface area contributed by atoms with Gasteiger partial charge < -0.3 is 4.74 Å². The number of esters is 1. The Morgan fingerprint density at radius 3 is 2.52 bits per heavy atom. The summed E-state index contributed by atoms with van der Waals surface area (Å²) in [5, 5.41) is 5.08. The highest BCUT2D eigenvalue weighted by molar-refractivity contribution is 7.14. The highest BCUT2D eigenvalue weighted by Crippen LogP contribution is 2.25. The van der Waals surface area contributed by atoms with Gasteiger partial charge in [-0.05, 0) is 19.1 Å². The van der Waals surface area contributed by atoms with Gasteiger partial charge in [0.2, 0.25) is 0 Å². The number of aryl methyl sites for hydroxylation is 1. The Bertz CT molecular complexity index is 902. The summed E-state index contributed by atoms with van der Waals surface area (Å²) >= 11 is 1.34. The lowest BCUT2D eigenvalue weighted by Crippen LogP contribution is -2.14. The fourth-order valence-corrected chi connectivity index (χ4v) is 2.83. The largest absolute Gasteiger partial charge is 0.465 e. The average molecular weight is 353 g/mol. The van der Waals surface area contributed by atoms with Gasteiger partial charge in [-0.2, -0.15) is 0 Å². The number of thiazole rings is 1. The third kappa shape index (κ3) is 3.89. The summed E-state index contributed by atoms with van der Waals surface area (Å²) in [4.78, 5) is 32.0. The zero-order chi connectivity index (χ0) is 17.8. The van der Waals surface area contributed by atoms with Crippen LogP contribution in [-0.4, -0.2) is 29.0 Å². The van der Waals surface area contributed by atoms with E-state index in [1.807, 2.05) is 36.6 Å². The molecule has 0 aliphatic carbocycles. The fraction of sp³-hybridized carbons (Fsp3) is 0.111. The van der Waals surface area contributed by atoms with Crippen LogP contribution in [0.5, 0.6) is 0 Å². The lowest BCUT2D eigenvalue weighted by atomic mass is 10.1. The minimum atomic E-state index is -0.498. The molecule has 0 aliphatic heterocycles. The monoisotopic (exact) mass is 353 g/mol. The Morgan fingerprint density at radius 1 is 1.12 bits per heavy atom. The highest BCUT2D eigenvalue weighted by Gasteiger charge is 2.13. The van der Waals surface area contributed by atoms with Crippen LogP contribution in [0.2, 0.25) is 0 Å². The van der Waals surface area contributed by atoms with Crippen molar-refractivity contribution in [1.82, 2.24) is 9.97 Å². The van der Waals surface area contributed by atoms with Gasteiger partial charge in [0.05, 0.1) is 18.4 Å². The van der Waals surface area contributed by atoms with Crippen molar-refractivity contribution in [2.45, 2.75) is 6.92 Å². The second-order valence-electron chi connectivity index (χ2n) is 5.28. The number of nitrogens with zero attached hydrogens (tertiary/aromatic N) is 2. The molecule has 3 aromatic rings. The number of ether oxygens (including phenoxy) is 1. The molecule has 0 spiro atoms. The molecule has 0 atom stereocenters. The third-order valence-corrected chi connectivity index (χ3v) is 4.25. The second-order valence-corrected chi connectivity index (χ2v) is 6.14. The fourth-order valence-electron chi connectivity index (χ4n) is 2.12. The molecule has 2 aromatic heterocycles. The molecule has 0 saturated carbocycles. The van der Waals surface area contributed by atoms with Crippen molar-refractivity contribution in [3.05, 3.63) is 64.8 Å². The van der Waals surface area contributed by atoms with Gasteiger partial charge in [0.1, 0.15) is 5.69 Å². The van der Waals surface area contributed by atoms with E-state index in [-0.39, 0.29) is 17.2 Å². The van der Waals surface area contributed by atoms with Gasteiger partial charge in [-0.1, -0.05) is 29.8 Å². The van der Waals surface area contributed by atoms with Crippen LogP contribution in [0, 0.1) is 6.92 Å². The maximum atomic E-state index is 12.2. The van der Waals surface area contributed by atoms with E-state index in [1.165, 1.54) is 42.3 Å². The maximum Gasteiger partial charge on any atom is 0.339 e. The average Bonchev–Trinajstić information content (AvgIpc) is 3.10. The molecule has 1 N–H and O–H groups in total. The summed E-state index contributed by atoms with van der Waals surface area (Å²) in [6.45, 7) is 2.02. The minimum Gasteiger partial charge on any atom is -0.465 e. The first-order chi connectivity index (χ1) is 12.1. The summed E-state index contributed by atoms with van der Waals surface area (Å²) in [5.74, 6) is -0.886. The molecule has 0 saturated heterocycles. The van der Waals surface area contributed by atoms with Crippen molar-refractivity contribution in [3.8, 4) is 11.3 Å². The standard InChI is InChI=1S/C18H15N3O3S/c1-11-3-5-12(6-4-11)15-10-25-18(20-15)21-16(22)14-8-7-13(9-19-14)17(23)24-2/h3-10H,1-2H3,(H,20,21,22). The number of carbonyl (C=O) groups is 2. The molecule has 25 heavy (non-hydrogen) atoms. The minimum absolute atomic E-state index is 0.194. The molecule has 1 aromatic carbocycles. The van der Waals surface area contributed by atoms with E-state index in [9.17, 15) is 9.59 Å². The Balaban J connectivity index is 1.71. The summed E-state index contributed by atoms with van der Waals surface area (Å²) < 4.78 is 4.60. The van der Waals surface area contributed by atoms with Gasteiger partial charge in [-0.3, -0.25) is 15.1 Å². The maximum absolute atomic E-state index is 12.2. The summed E-state index contributed by atoms with van der Waals surface area (Å²) in [7, 11) is 1.29. The predicted octanol–water partition coefficient (Wildman–Crippen LogP) is 3.55. The Kier molecular flexibility index (Phi) is 4.85. The van der Waals surface area contributed by atoms with Gasteiger partial charge in [-0.25, -0.2) is 9.78 Å². The molecule has 126 valence electrons. The number of nitrogens with one attached hydrogen (secondary N) is 1. The molecule has 3 rings (SSSR count). The SMILES string of the molecule is COC(=O)c1ccc(C(=O)Nc2nc(-c3ccc(C)cc3)cs2)nc1. The van der Waals surface area contributed by atoms with Crippen LogP contribution in [0.3, 0.4) is 0 Å². The summed E-state index contributed by atoms with van der Waals surface area (Å²) in [5.41, 5.74) is 3.45. The molecule has 2 heterocycles. The highest BCUT2D eigenvalue weighted by atomic mass is 32.1.